The topological polar surface area (TPSA) is 57.8 Å². The van der Waals surface area contributed by atoms with Crippen molar-refractivity contribution < 1.29 is 14.3 Å². The van der Waals surface area contributed by atoms with E-state index < -0.39 is 0 Å². The van der Waals surface area contributed by atoms with Crippen molar-refractivity contribution in [3.05, 3.63) is 60.3 Å². The Hall–Kier alpha value is -2.83. The Morgan fingerprint density at radius 3 is 2.55 bits per heavy atom. The van der Waals surface area contributed by atoms with E-state index in [-0.39, 0.29) is 11.4 Å². The van der Waals surface area contributed by atoms with Gasteiger partial charge in [0.15, 0.2) is 0 Å². The first-order valence-electron chi connectivity index (χ1n) is 11.8. The van der Waals surface area contributed by atoms with Crippen LogP contribution in [0.15, 0.2) is 54.7 Å². The molecule has 6 heteroatoms. The van der Waals surface area contributed by atoms with Gasteiger partial charge in [-0.05, 0) is 55.2 Å². The third kappa shape index (κ3) is 4.92. The first-order valence-corrected chi connectivity index (χ1v) is 11.8. The minimum absolute atomic E-state index is 0.152. The molecule has 2 heterocycles. The summed E-state index contributed by atoms with van der Waals surface area (Å²) in [4.78, 5) is 21.0. The summed E-state index contributed by atoms with van der Waals surface area (Å²) in [6.45, 7) is 5.35. The fraction of sp³-hybridized carbons (Fsp3) is 0.444. The van der Waals surface area contributed by atoms with Gasteiger partial charge in [0.2, 0.25) is 5.91 Å². The van der Waals surface area contributed by atoms with Gasteiger partial charge in [-0.2, -0.15) is 0 Å². The molecule has 6 nitrogen and oxygen atoms in total. The Morgan fingerprint density at radius 1 is 1.12 bits per heavy atom. The van der Waals surface area contributed by atoms with Crippen LogP contribution < -0.4 is 9.64 Å². The summed E-state index contributed by atoms with van der Waals surface area (Å²) in [5.74, 6) is 1.03. The molecule has 4 rings (SSSR count). The van der Waals surface area contributed by atoms with Gasteiger partial charge in [0.1, 0.15) is 5.75 Å². The van der Waals surface area contributed by atoms with Crippen molar-refractivity contribution in [3.8, 4) is 5.75 Å². The van der Waals surface area contributed by atoms with Crippen LogP contribution in [0.25, 0.3) is 10.9 Å². The first-order chi connectivity index (χ1) is 16.1. The van der Waals surface area contributed by atoms with Gasteiger partial charge >= 0.3 is 0 Å². The van der Waals surface area contributed by atoms with E-state index in [2.05, 4.69) is 28.2 Å². The Labute approximate surface area is 196 Å². The number of nitrogens with zero attached hydrogens (tertiary/aromatic N) is 2. The summed E-state index contributed by atoms with van der Waals surface area (Å²) in [5.41, 5.74) is 3.10. The van der Waals surface area contributed by atoms with Crippen molar-refractivity contribution in [1.29, 1.82) is 0 Å². The van der Waals surface area contributed by atoms with E-state index in [1.54, 1.807) is 14.2 Å². The number of aromatic nitrogens is 1. The van der Waals surface area contributed by atoms with Crippen LogP contribution in [0, 0.1) is 0 Å². The number of fused-ring (bicyclic) bond motifs is 1. The summed E-state index contributed by atoms with van der Waals surface area (Å²) >= 11 is 0. The Kier molecular flexibility index (Phi) is 7.36. The Balaban J connectivity index is 1.46. The van der Waals surface area contributed by atoms with Crippen molar-refractivity contribution in [2.75, 3.05) is 45.4 Å². The fourth-order valence-electron chi connectivity index (χ4n) is 5.08. The second-order valence-corrected chi connectivity index (χ2v) is 8.89. The number of amides is 1. The molecule has 0 radical (unpaired) electrons. The number of likely N-dealkylation sites (tertiary alicyclic amines) is 1. The number of aromatic amines is 1. The van der Waals surface area contributed by atoms with Gasteiger partial charge in [0.05, 0.1) is 19.3 Å². The van der Waals surface area contributed by atoms with Gasteiger partial charge in [-0.3, -0.25) is 4.79 Å². The van der Waals surface area contributed by atoms with Crippen LogP contribution in [0.4, 0.5) is 5.69 Å². The zero-order valence-corrected chi connectivity index (χ0v) is 20.0. The molecule has 1 N–H and O–H groups in total. The molecule has 1 aromatic heterocycles. The summed E-state index contributed by atoms with van der Waals surface area (Å²) in [7, 11) is 3.44. The number of anilines is 1. The van der Waals surface area contributed by atoms with Crippen LogP contribution in [0.5, 0.6) is 5.75 Å². The molecule has 1 fully saturated rings. The number of benzene rings is 2. The lowest BCUT2D eigenvalue weighted by molar-refractivity contribution is -0.120. The lowest BCUT2D eigenvalue weighted by atomic mass is 9.85. The summed E-state index contributed by atoms with van der Waals surface area (Å²) in [6.07, 6.45) is 5.35. The molecule has 1 saturated heterocycles. The van der Waals surface area contributed by atoms with Crippen molar-refractivity contribution in [2.45, 2.75) is 38.1 Å². The van der Waals surface area contributed by atoms with Gasteiger partial charge in [-0.15, -0.1) is 0 Å². The van der Waals surface area contributed by atoms with E-state index in [4.69, 9.17) is 9.47 Å². The standard InChI is InChI=1S/C27H35N3O3/c1-4-26(31)30(22-8-6-5-7-9-22)27(20-32-2)13-16-29(17-14-27)15-12-21-19-28-25-11-10-23(33-3)18-24(21)25/h5-11,18-19,28H,4,12-17,20H2,1-3H3. The molecule has 0 atom stereocenters. The maximum Gasteiger partial charge on any atom is 0.227 e. The van der Waals surface area contributed by atoms with Gasteiger partial charge < -0.3 is 24.3 Å². The monoisotopic (exact) mass is 449 g/mol. The number of hydrogen-bond acceptors (Lipinski definition) is 4. The highest BCUT2D eigenvalue weighted by molar-refractivity contribution is 5.94. The number of rotatable bonds is 9. The number of para-hydroxylation sites is 1. The van der Waals surface area contributed by atoms with E-state index in [0.717, 1.165) is 55.9 Å². The third-order valence-corrected chi connectivity index (χ3v) is 6.91. The number of piperidine rings is 1. The molecule has 0 bridgehead atoms. The number of carbonyl (C=O) groups is 1. The van der Waals surface area contributed by atoms with Gasteiger partial charge in [0.25, 0.3) is 0 Å². The van der Waals surface area contributed by atoms with E-state index in [0.29, 0.717) is 13.0 Å². The molecule has 0 spiro atoms. The highest BCUT2D eigenvalue weighted by atomic mass is 16.5. The second-order valence-electron chi connectivity index (χ2n) is 8.89. The largest absolute Gasteiger partial charge is 0.497 e. The molecular weight excluding hydrogens is 414 g/mol. The second kappa shape index (κ2) is 10.4. The van der Waals surface area contributed by atoms with Crippen LogP contribution in [-0.2, 0) is 16.0 Å². The molecule has 0 saturated carbocycles. The molecule has 0 aliphatic carbocycles. The van der Waals surface area contributed by atoms with E-state index in [1.807, 2.05) is 48.2 Å². The number of ether oxygens (including phenoxy) is 2. The number of nitrogens with one attached hydrogen (secondary N) is 1. The van der Waals surface area contributed by atoms with Gasteiger partial charge in [-0.1, -0.05) is 25.1 Å². The molecule has 176 valence electrons. The van der Waals surface area contributed by atoms with Gasteiger partial charge in [0, 0.05) is 56.0 Å². The van der Waals surface area contributed by atoms with E-state index in [1.165, 1.54) is 10.9 Å². The zero-order valence-electron chi connectivity index (χ0n) is 20.0. The number of hydrogen-bond donors (Lipinski definition) is 1. The predicted octanol–water partition coefficient (Wildman–Crippen LogP) is 4.64. The molecule has 1 aliphatic rings. The summed E-state index contributed by atoms with van der Waals surface area (Å²) in [5, 5.41) is 1.23. The lowest BCUT2D eigenvalue weighted by Gasteiger charge is -2.48. The van der Waals surface area contributed by atoms with Crippen LogP contribution in [0.1, 0.15) is 31.7 Å². The SMILES string of the molecule is CCC(=O)N(c1ccccc1)C1(COC)CCN(CCc2c[nH]c3ccc(OC)cc23)CC1. The molecule has 3 aromatic rings. The number of H-pyrrole nitrogens is 1. The first kappa shape index (κ1) is 23.3. The van der Waals surface area contributed by atoms with Crippen LogP contribution in [0.2, 0.25) is 0 Å². The van der Waals surface area contributed by atoms with E-state index in [9.17, 15) is 4.79 Å². The maximum absolute atomic E-state index is 13.1. The minimum atomic E-state index is -0.312. The van der Waals surface area contributed by atoms with Crippen LogP contribution >= 0.6 is 0 Å². The smallest absolute Gasteiger partial charge is 0.227 e. The maximum atomic E-state index is 13.1. The van der Waals surface area contributed by atoms with Crippen molar-refractivity contribution >= 4 is 22.5 Å². The van der Waals surface area contributed by atoms with Crippen LogP contribution in [-0.4, -0.2) is 61.8 Å². The van der Waals surface area contributed by atoms with E-state index >= 15 is 0 Å². The molecular formula is C27H35N3O3. The molecule has 1 amide bonds. The molecule has 33 heavy (non-hydrogen) atoms. The fourth-order valence-corrected chi connectivity index (χ4v) is 5.08. The number of carbonyl (C=O) groups excluding carboxylic acids is 1. The zero-order chi connectivity index (χ0) is 23.3. The van der Waals surface area contributed by atoms with Crippen molar-refractivity contribution in [2.24, 2.45) is 0 Å². The van der Waals surface area contributed by atoms with Crippen molar-refractivity contribution in [1.82, 2.24) is 9.88 Å². The van der Waals surface area contributed by atoms with Crippen LogP contribution in [0.3, 0.4) is 0 Å². The lowest BCUT2D eigenvalue weighted by Crippen LogP contribution is -2.60. The molecule has 1 aliphatic heterocycles. The minimum Gasteiger partial charge on any atom is -0.497 e. The summed E-state index contributed by atoms with van der Waals surface area (Å²) in [6, 6.07) is 16.2. The molecule has 0 unspecified atom stereocenters. The highest BCUT2D eigenvalue weighted by Gasteiger charge is 2.42. The van der Waals surface area contributed by atoms with Gasteiger partial charge in [-0.25, -0.2) is 0 Å². The highest BCUT2D eigenvalue weighted by Crippen LogP contribution is 2.35. The third-order valence-electron chi connectivity index (χ3n) is 6.91. The normalized spacial score (nSPS) is 16.1. The molecule has 2 aromatic carbocycles. The quantitative estimate of drug-likeness (QED) is 0.517. The Morgan fingerprint density at radius 2 is 1.88 bits per heavy atom. The average molecular weight is 450 g/mol. The Bertz CT molecular complexity index is 1050. The number of methoxy groups -OCH3 is 2. The predicted molar refractivity (Wildman–Crippen MR) is 133 cm³/mol. The van der Waals surface area contributed by atoms with Crippen molar-refractivity contribution in [3.63, 3.8) is 0 Å². The average Bonchev–Trinajstić information content (AvgIpc) is 3.26. The summed E-state index contributed by atoms with van der Waals surface area (Å²) < 4.78 is 11.1.